The highest BCUT2D eigenvalue weighted by Crippen LogP contribution is 2.54. The van der Waals surface area contributed by atoms with Gasteiger partial charge in [0, 0.05) is 11.8 Å². The fourth-order valence-electron chi connectivity index (χ4n) is 3.05. The van der Waals surface area contributed by atoms with Crippen LogP contribution in [0.5, 0.6) is 0 Å². The quantitative estimate of drug-likeness (QED) is 0.943. The molecule has 2 heterocycles. The largest absolute Gasteiger partial charge is 0.384 e. The maximum atomic E-state index is 14.2. The van der Waals surface area contributed by atoms with Crippen molar-refractivity contribution in [3.63, 3.8) is 0 Å². The first kappa shape index (κ1) is 13.0. The predicted molar refractivity (Wildman–Crippen MR) is 75.4 cm³/mol. The molecular formula is C16H18FN3O. The van der Waals surface area contributed by atoms with Crippen molar-refractivity contribution in [3.8, 4) is 0 Å². The molecule has 0 radical (unpaired) electrons. The maximum Gasteiger partial charge on any atom is 0.180 e. The van der Waals surface area contributed by atoms with Gasteiger partial charge in [-0.15, -0.1) is 0 Å². The van der Waals surface area contributed by atoms with E-state index in [-0.39, 0.29) is 11.5 Å². The van der Waals surface area contributed by atoms with Gasteiger partial charge in [-0.2, -0.15) is 5.10 Å². The van der Waals surface area contributed by atoms with E-state index in [0.29, 0.717) is 18.1 Å². The highest BCUT2D eigenvalue weighted by Gasteiger charge is 2.48. The second kappa shape index (κ2) is 4.37. The molecule has 4 nitrogen and oxygen atoms in total. The summed E-state index contributed by atoms with van der Waals surface area (Å²) in [4.78, 5) is 4.28. The molecule has 1 saturated carbocycles. The van der Waals surface area contributed by atoms with E-state index in [1.807, 2.05) is 37.3 Å². The van der Waals surface area contributed by atoms with Gasteiger partial charge in [0.2, 0.25) is 0 Å². The van der Waals surface area contributed by atoms with Crippen LogP contribution >= 0.6 is 0 Å². The average Bonchev–Trinajstić information content (AvgIpc) is 2.98. The number of aliphatic hydroxyl groups is 1. The van der Waals surface area contributed by atoms with Crippen molar-refractivity contribution in [1.29, 1.82) is 0 Å². The van der Waals surface area contributed by atoms with Crippen LogP contribution in [0.1, 0.15) is 61.7 Å². The van der Waals surface area contributed by atoms with E-state index in [1.54, 1.807) is 4.68 Å². The van der Waals surface area contributed by atoms with Gasteiger partial charge in [0.25, 0.3) is 0 Å². The summed E-state index contributed by atoms with van der Waals surface area (Å²) in [6.07, 6.45) is 0.501. The van der Waals surface area contributed by atoms with E-state index < -0.39 is 12.3 Å². The summed E-state index contributed by atoms with van der Waals surface area (Å²) in [6, 6.07) is 9.66. The molecule has 0 spiro atoms. The van der Waals surface area contributed by atoms with E-state index in [0.717, 1.165) is 18.4 Å². The molecule has 1 aromatic carbocycles. The van der Waals surface area contributed by atoms with Gasteiger partial charge >= 0.3 is 0 Å². The Morgan fingerprint density at radius 3 is 2.71 bits per heavy atom. The van der Waals surface area contributed by atoms with Crippen LogP contribution in [-0.4, -0.2) is 19.9 Å². The molecular weight excluding hydrogens is 269 g/mol. The van der Waals surface area contributed by atoms with E-state index >= 15 is 0 Å². The van der Waals surface area contributed by atoms with Crippen molar-refractivity contribution >= 4 is 0 Å². The molecule has 3 atom stereocenters. The highest BCUT2D eigenvalue weighted by molar-refractivity contribution is 5.24. The molecule has 2 aliphatic rings. The number of hydrogen-bond acceptors (Lipinski definition) is 3. The second-order valence-electron chi connectivity index (χ2n) is 6.46. The van der Waals surface area contributed by atoms with Crippen molar-refractivity contribution < 1.29 is 9.50 Å². The van der Waals surface area contributed by atoms with Gasteiger partial charge in [-0.3, -0.25) is 0 Å². The van der Waals surface area contributed by atoms with Crippen LogP contribution in [0.2, 0.25) is 0 Å². The van der Waals surface area contributed by atoms with Crippen LogP contribution in [-0.2, 0) is 0 Å². The van der Waals surface area contributed by atoms with E-state index in [9.17, 15) is 9.50 Å². The van der Waals surface area contributed by atoms with Gasteiger partial charge in [0.05, 0.1) is 6.04 Å². The van der Waals surface area contributed by atoms with Crippen molar-refractivity contribution in [2.45, 2.75) is 44.5 Å². The summed E-state index contributed by atoms with van der Waals surface area (Å²) in [5.74, 6) is 0.718. The van der Waals surface area contributed by atoms with E-state index in [4.69, 9.17) is 0 Å². The first-order valence-electron chi connectivity index (χ1n) is 7.42. The van der Waals surface area contributed by atoms with Gasteiger partial charge in [-0.25, -0.2) is 14.1 Å². The van der Waals surface area contributed by atoms with Crippen LogP contribution in [0.4, 0.5) is 4.39 Å². The Labute approximate surface area is 122 Å². The Kier molecular flexibility index (Phi) is 2.70. The van der Waals surface area contributed by atoms with Crippen molar-refractivity contribution in [3.05, 3.63) is 47.5 Å². The monoisotopic (exact) mass is 287 g/mol. The second-order valence-corrected chi connectivity index (χ2v) is 6.46. The summed E-state index contributed by atoms with van der Waals surface area (Å²) < 4.78 is 15.9. The number of halogens is 1. The third-order valence-electron chi connectivity index (χ3n) is 4.81. The predicted octanol–water partition coefficient (Wildman–Crippen LogP) is 3.12. The molecule has 1 N–H and O–H groups in total. The zero-order valence-electron chi connectivity index (χ0n) is 11.9. The molecule has 4 rings (SSSR count). The Morgan fingerprint density at radius 1 is 1.33 bits per heavy atom. The summed E-state index contributed by atoms with van der Waals surface area (Å²) in [7, 11) is 0. The summed E-state index contributed by atoms with van der Waals surface area (Å²) >= 11 is 0. The number of benzene rings is 1. The number of hydrogen-bond donors (Lipinski definition) is 1. The number of aliphatic hydroxyl groups excluding tert-OH is 1. The van der Waals surface area contributed by atoms with Crippen LogP contribution < -0.4 is 0 Å². The van der Waals surface area contributed by atoms with Crippen molar-refractivity contribution in [1.82, 2.24) is 14.8 Å². The minimum Gasteiger partial charge on any atom is -0.384 e. The van der Waals surface area contributed by atoms with Crippen LogP contribution in [0.15, 0.2) is 30.3 Å². The Hall–Kier alpha value is -1.75. The SMILES string of the molecule is CC1([C@H](O)c2nc3n(n2)[C@H](c2ccccc2)C[C@@H]3F)CC1. The number of rotatable bonds is 3. The molecule has 1 aliphatic carbocycles. The average molecular weight is 287 g/mol. The van der Waals surface area contributed by atoms with Crippen LogP contribution in [0.25, 0.3) is 0 Å². The molecule has 110 valence electrons. The normalized spacial score (nSPS) is 27.4. The molecule has 0 amide bonds. The van der Waals surface area contributed by atoms with Crippen molar-refractivity contribution in [2.24, 2.45) is 5.41 Å². The standard InChI is InChI=1S/C16H18FN3O/c1-16(7-8-16)13(21)14-18-15-11(17)9-12(20(15)19-14)10-5-3-2-4-6-10/h2-6,11-13,21H,7-9H2,1H3/t11-,12-,13+/m0/s1. The molecule has 0 bridgehead atoms. The zero-order chi connectivity index (χ0) is 14.6. The highest BCUT2D eigenvalue weighted by atomic mass is 19.1. The zero-order valence-corrected chi connectivity index (χ0v) is 11.9. The Morgan fingerprint density at radius 2 is 2.05 bits per heavy atom. The van der Waals surface area contributed by atoms with Gasteiger partial charge in [-0.1, -0.05) is 37.3 Å². The summed E-state index contributed by atoms with van der Waals surface area (Å²) in [5.41, 5.74) is 0.902. The van der Waals surface area contributed by atoms with Gasteiger partial charge in [-0.05, 0) is 18.4 Å². The topological polar surface area (TPSA) is 50.9 Å². The number of alkyl halides is 1. The maximum absolute atomic E-state index is 14.2. The Bertz CT molecular complexity index is 665. The molecule has 1 aliphatic heterocycles. The lowest BCUT2D eigenvalue weighted by molar-refractivity contribution is 0.0940. The molecule has 0 unspecified atom stereocenters. The van der Waals surface area contributed by atoms with Crippen molar-refractivity contribution in [2.75, 3.05) is 0 Å². The van der Waals surface area contributed by atoms with Gasteiger partial charge in [0.15, 0.2) is 17.8 Å². The minimum atomic E-state index is -1.12. The molecule has 1 aromatic heterocycles. The van der Waals surface area contributed by atoms with Crippen LogP contribution in [0.3, 0.4) is 0 Å². The lowest BCUT2D eigenvalue weighted by Gasteiger charge is -2.15. The fourth-order valence-corrected chi connectivity index (χ4v) is 3.05. The van der Waals surface area contributed by atoms with Gasteiger partial charge in [0.1, 0.15) is 6.10 Å². The minimum absolute atomic E-state index is 0.128. The number of fused-ring (bicyclic) bond motifs is 1. The van der Waals surface area contributed by atoms with Gasteiger partial charge < -0.3 is 5.11 Å². The lowest BCUT2D eigenvalue weighted by atomic mass is 10.0. The first-order chi connectivity index (χ1) is 10.1. The Balaban J connectivity index is 1.71. The summed E-state index contributed by atoms with van der Waals surface area (Å²) in [5, 5.41) is 14.8. The first-order valence-corrected chi connectivity index (χ1v) is 7.42. The molecule has 1 fully saturated rings. The number of nitrogens with zero attached hydrogens (tertiary/aromatic N) is 3. The molecule has 0 saturated heterocycles. The third-order valence-corrected chi connectivity index (χ3v) is 4.81. The molecule has 5 heteroatoms. The van der Waals surface area contributed by atoms with E-state index in [2.05, 4.69) is 10.1 Å². The molecule has 2 aromatic rings. The van der Waals surface area contributed by atoms with Crippen LogP contribution in [0, 0.1) is 5.41 Å². The fraction of sp³-hybridized carbons (Fsp3) is 0.500. The third kappa shape index (κ3) is 1.99. The smallest absolute Gasteiger partial charge is 0.180 e. The molecule has 21 heavy (non-hydrogen) atoms. The summed E-state index contributed by atoms with van der Waals surface area (Å²) in [6.45, 7) is 2.02. The lowest BCUT2D eigenvalue weighted by Crippen LogP contribution is -2.13. The van der Waals surface area contributed by atoms with E-state index in [1.165, 1.54) is 0 Å². The number of aromatic nitrogens is 3.